The molecule has 0 aliphatic heterocycles. The summed E-state index contributed by atoms with van der Waals surface area (Å²) in [7, 11) is 0. The molecule has 18 heavy (non-hydrogen) atoms. The molecule has 1 heterocycles. The standard InChI is InChI=1S/C13H19BrN2OS/c1-13(2,3)11(18-4)8-16-12(17)9-5-6-15-7-10(9)14/h5-7,11H,8H2,1-4H3,(H,16,17). The molecule has 3 nitrogen and oxygen atoms in total. The second-order valence-corrected chi connectivity index (χ2v) is 7.05. The minimum atomic E-state index is -0.0624. The number of rotatable bonds is 4. The number of nitrogens with one attached hydrogen (secondary N) is 1. The van der Waals surface area contributed by atoms with Crippen LogP contribution in [0.2, 0.25) is 0 Å². The zero-order valence-corrected chi connectivity index (χ0v) is 13.6. The highest BCUT2D eigenvalue weighted by atomic mass is 79.9. The van der Waals surface area contributed by atoms with E-state index in [0.29, 0.717) is 17.4 Å². The molecule has 1 unspecified atom stereocenters. The van der Waals surface area contributed by atoms with Crippen LogP contribution in [0.15, 0.2) is 22.9 Å². The summed E-state index contributed by atoms with van der Waals surface area (Å²) in [5, 5.41) is 3.37. The van der Waals surface area contributed by atoms with Crippen molar-refractivity contribution in [3.63, 3.8) is 0 Å². The predicted octanol–water partition coefficient (Wildman–Crippen LogP) is 3.35. The van der Waals surface area contributed by atoms with Crippen LogP contribution in [0.5, 0.6) is 0 Å². The summed E-state index contributed by atoms with van der Waals surface area (Å²) in [5.74, 6) is -0.0624. The largest absolute Gasteiger partial charge is 0.351 e. The summed E-state index contributed by atoms with van der Waals surface area (Å²) in [4.78, 5) is 16.0. The van der Waals surface area contributed by atoms with E-state index in [1.165, 1.54) is 0 Å². The van der Waals surface area contributed by atoms with Gasteiger partial charge < -0.3 is 5.32 Å². The third-order valence-corrected chi connectivity index (χ3v) is 4.79. The number of aromatic nitrogens is 1. The Morgan fingerprint density at radius 2 is 2.22 bits per heavy atom. The van der Waals surface area contributed by atoms with E-state index in [9.17, 15) is 4.79 Å². The van der Waals surface area contributed by atoms with E-state index >= 15 is 0 Å². The normalized spacial score (nSPS) is 13.2. The molecular formula is C13H19BrN2OS. The van der Waals surface area contributed by atoms with Crippen molar-refractivity contribution in [2.75, 3.05) is 12.8 Å². The van der Waals surface area contributed by atoms with Gasteiger partial charge in [0.05, 0.1) is 5.56 Å². The van der Waals surface area contributed by atoms with Crippen molar-refractivity contribution in [3.05, 3.63) is 28.5 Å². The number of nitrogens with zero attached hydrogens (tertiary/aromatic N) is 1. The molecule has 1 aromatic rings. The number of pyridine rings is 1. The fraction of sp³-hybridized carbons (Fsp3) is 0.538. The predicted molar refractivity (Wildman–Crippen MR) is 81.0 cm³/mol. The minimum Gasteiger partial charge on any atom is -0.351 e. The Morgan fingerprint density at radius 1 is 1.56 bits per heavy atom. The number of hydrogen-bond donors (Lipinski definition) is 1. The Labute approximate surface area is 121 Å². The smallest absolute Gasteiger partial charge is 0.252 e. The Kier molecular flexibility index (Phi) is 5.66. The Morgan fingerprint density at radius 3 is 2.72 bits per heavy atom. The molecule has 1 atom stereocenters. The first-order valence-electron chi connectivity index (χ1n) is 5.76. The molecule has 1 aromatic heterocycles. The highest BCUT2D eigenvalue weighted by molar-refractivity contribution is 9.10. The van der Waals surface area contributed by atoms with Gasteiger partial charge in [-0.25, -0.2) is 0 Å². The van der Waals surface area contributed by atoms with Crippen LogP contribution < -0.4 is 5.32 Å². The van der Waals surface area contributed by atoms with E-state index in [1.807, 2.05) is 0 Å². The molecule has 100 valence electrons. The Balaban J connectivity index is 2.64. The molecule has 0 saturated carbocycles. The monoisotopic (exact) mass is 330 g/mol. The lowest BCUT2D eigenvalue weighted by Crippen LogP contribution is -2.37. The number of thioether (sulfide) groups is 1. The average Bonchev–Trinajstić information content (AvgIpc) is 2.28. The van der Waals surface area contributed by atoms with Crippen LogP contribution in [0, 0.1) is 5.41 Å². The average molecular weight is 331 g/mol. The molecule has 5 heteroatoms. The maximum Gasteiger partial charge on any atom is 0.252 e. The Bertz CT molecular complexity index is 418. The number of carbonyl (C=O) groups excluding carboxylic acids is 1. The summed E-state index contributed by atoms with van der Waals surface area (Å²) in [6.45, 7) is 7.21. The van der Waals surface area contributed by atoms with Gasteiger partial charge in [0, 0.05) is 28.7 Å². The summed E-state index contributed by atoms with van der Waals surface area (Å²) >= 11 is 5.11. The van der Waals surface area contributed by atoms with Crippen LogP contribution in [0.1, 0.15) is 31.1 Å². The maximum absolute atomic E-state index is 12.0. The van der Waals surface area contributed by atoms with E-state index in [0.717, 1.165) is 4.47 Å². The molecule has 0 spiro atoms. The topological polar surface area (TPSA) is 42.0 Å². The van der Waals surface area contributed by atoms with Gasteiger partial charge >= 0.3 is 0 Å². The van der Waals surface area contributed by atoms with E-state index in [-0.39, 0.29) is 11.3 Å². The van der Waals surface area contributed by atoms with Gasteiger partial charge in [-0.1, -0.05) is 20.8 Å². The van der Waals surface area contributed by atoms with E-state index < -0.39 is 0 Å². The summed E-state index contributed by atoms with van der Waals surface area (Å²) in [5.41, 5.74) is 0.793. The molecule has 0 fully saturated rings. The molecule has 0 aliphatic carbocycles. The van der Waals surface area contributed by atoms with Crippen LogP contribution in [0.25, 0.3) is 0 Å². The highest BCUT2D eigenvalue weighted by Crippen LogP contribution is 2.28. The van der Waals surface area contributed by atoms with Crippen molar-refractivity contribution < 1.29 is 4.79 Å². The molecule has 1 amide bonds. The number of carbonyl (C=O) groups is 1. The van der Waals surface area contributed by atoms with Gasteiger partial charge in [0.2, 0.25) is 0 Å². The second kappa shape index (κ2) is 6.57. The first-order chi connectivity index (χ1) is 8.36. The molecule has 1 N–H and O–H groups in total. The van der Waals surface area contributed by atoms with Crippen LogP contribution in [-0.2, 0) is 0 Å². The molecule has 0 saturated heterocycles. The van der Waals surface area contributed by atoms with Crippen LogP contribution in [-0.4, -0.2) is 28.9 Å². The molecule has 0 aromatic carbocycles. The van der Waals surface area contributed by atoms with Crippen LogP contribution >= 0.6 is 27.7 Å². The lowest BCUT2D eigenvalue weighted by atomic mass is 9.91. The summed E-state index contributed by atoms with van der Waals surface area (Å²) in [6, 6.07) is 1.71. The van der Waals surface area contributed by atoms with Gasteiger partial charge in [-0.15, -0.1) is 0 Å². The van der Waals surface area contributed by atoms with Crippen molar-refractivity contribution in [1.82, 2.24) is 10.3 Å². The van der Waals surface area contributed by atoms with Crippen LogP contribution in [0.4, 0.5) is 0 Å². The lowest BCUT2D eigenvalue weighted by Gasteiger charge is -2.29. The molecule has 0 bridgehead atoms. The van der Waals surface area contributed by atoms with Crippen molar-refractivity contribution in [2.45, 2.75) is 26.0 Å². The van der Waals surface area contributed by atoms with Crippen molar-refractivity contribution in [1.29, 1.82) is 0 Å². The SMILES string of the molecule is CSC(CNC(=O)c1ccncc1Br)C(C)(C)C. The van der Waals surface area contributed by atoms with E-state index in [2.05, 4.69) is 53.3 Å². The quantitative estimate of drug-likeness (QED) is 0.920. The van der Waals surface area contributed by atoms with E-state index in [1.54, 1.807) is 30.2 Å². The minimum absolute atomic E-state index is 0.0624. The fourth-order valence-corrected chi connectivity index (χ4v) is 2.97. The van der Waals surface area contributed by atoms with Crippen molar-refractivity contribution >= 4 is 33.6 Å². The first-order valence-corrected chi connectivity index (χ1v) is 7.85. The first kappa shape index (κ1) is 15.5. The number of hydrogen-bond acceptors (Lipinski definition) is 3. The van der Waals surface area contributed by atoms with Crippen molar-refractivity contribution in [2.24, 2.45) is 5.41 Å². The van der Waals surface area contributed by atoms with Gasteiger partial charge in [-0.3, -0.25) is 9.78 Å². The molecule has 1 rings (SSSR count). The third-order valence-electron chi connectivity index (χ3n) is 2.72. The van der Waals surface area contributed by atoms with Gasteiger partial charge in [0.1, 0.15) is 0 Å². The van der Waals surface area contributed by atoms with Gasteiger partial charge in [-0.2, -0.15) is 11.8 Å². The van der Waals surface area contributed by atoms with Gasteiger partial charge in [0.15, 0.2) is 0 Å². The Hall–Kier alpha value is -0.550. The summed E-state index contributed by atoms with van der Waals surface area (Å²) < 4.78 is 0.721. The van der Waals surface area contributed by atoms with E-state index in [4.69, 9.17) is 0 Å². The zero-order valence-electron chi connectivity index (χ0n) is 11.2. The molecule has 0 radical (unpaired) electrons. The van der Waals surface area contributed by atoms with Crippen molar-refractivity contribution in [3.8, 4) is 0 Å². The fourth-order valence-electron chi connectivity index (χ4n) is 1.58. The maximum atomic E-state index is 12.0. The van der Waals surface area contributed by atoms with Crippen LogP contribution in [0.3, 0.4) is 0 Å². The highest BCUT2D eigenvalue weighted by Gasteiger charge is 2.24. The molecular weight excluding hydrogens is 312 g/mol. The van der Waals surface area contributed by atoms with Gasteiger partial charge in [-0.05, 0) is 33.7 Å². The third kappa shape index (κ3) is 4.28. The number of halogens is 1. The zero-order chi connectivity index (χ0) is 13.8. The molecule has 0 aliphatic rings. The second-order valence-electron chi connectivity index (χ2n) is 5.16. The lowest BCUT2D eigenvalue weighted by molar-refractivity contribution is 0.0949. The van der Waals surface area contributed by atoms with Gasteiger partial charge in [0.25, 0.3) is 5.91 Å². The number of amides is 1. The summed E-state index contributed by atoms with van der Waals surface area (Å²) in [6.07, 6.45) is 5.32.